The molecule has 1 aromatic heterocycles. The predicted octanol–water partition coefficient (Wildman–Crippen LogP) is 3.76. The first-order valence-electron chi connectivity index (χ1n) is 7.45. The van der Waals surface area contributed by atoms with Crippen LogP contribution in [0.4, 0.5) is 0 Å². The number of furan rings is 1. The van der Waals surface area contributed by atoms with Crippen molar-refractivity contribution >= 4 is 0 Å². The molecule has 0 atom stereocenters. The molecule has 114 valence electrons. The average Bonchev–Trinajstić information content (AvgIpc) is 2.97. The lowest BCUT2D eigenvalue weighted by atomic mass is 10.2. The summed E-state index contributed by atoms with van der Waals surface area (Å²) in [5.74, 6) is 2.63. The fourth-order valence-corrected chi connectivity index (χ4v) is 1.90. The topological polar surface area (TPSA) is 43.6 Å². The van der Waals surface area contributed by atoms with Crippen LogP contribution in [0.5, 0.6) is 11.5 Å². The quantitative estimate of drug-likeness (QED) is 0.763. The molecule has 21 heavy (non-hydrogen) atoms. The molecule has 2 rings (SSSR count). The third kappa shape index (κ3) is 4.83. The Morgan fingerprint density at radius 3 is 2.38 bits per heavy atom. The van der Waals surface area contributed by atoms with Gasteiger partial charge in [-0.2, -0.15) is 0 Å². The monoisotopic (exact) mass is 289 g/mol. The fraction of sp³-hybridized carbons (Fsp3) is 0.412. The van der Waals surface area contributed by atoms with Gasteiger partial charge in [-0.1, -0.05) is 13.8 Å². The molecule has 0 saturated heterocycles. The Morgan fingerprint density at radius 1 is 1.00 bits per heavy atom. The minimum Gasteiger partial charge on any atom is -0.494 e. The van der Waals surface area contributed by atoms with Gasteiger partial charge in [0.05, 0.1) is 19.4 Å². The molecule has 0 aliphatic rings. The fourth-order valence-electron chi connectivity index (χ4n) is 1.90. The van der Waals surface area contributed by atoms with E-state index in [2.05, 4.69) is 19.2 Å². The lowest BCUT2D eigenvalue weighted by molar-refractivity contribution is 0.297. The van der Waals surface area contributed by atoms with Crippen LogP contribution >= 0.6 is 0 Å². The van der Waals surface area contributed by atoms with Crippen molar-refractivity contribution in [3.05, 3.63) is 47.9 Å². The minimum absolute atomic E-state index is 0.506. The second-order valence-corrected chi connectivity index (χ2v) is 4.76. The maximum Gasteiger partial charge on any atom is 0.124 e. The van der Waals surface area contributed by atoms with Gasteiger partial charge in [-0.05, 0) is 43.3 Å². The molecule has 0 unspecified atom stereocenters. The molecular weight excluding hydrogens is 266 g/mol. The number of nitrogens with one attached hydrogen (secondary N) is 1. The Balaban J connectivity index is 1.86. The van der Waals surface area contributed by atoms with Crippen LogP contribution in [0.25, 0.3) is 0 Å². The van der Waals surface area contributed by atoms with Crippen molar-refractivity contribution < 1.29 is 13.9 Å². The highest BCUT2D eigenvalue weighted by Gasteiger charge is 2.06. The van der Waals surface area contributed by atoms with Crippen molar-refractivity contribution in [1.82, 2.24) is 5.32 Å². The molecule has 0 amide bonds. The van der Waals surface area contributed by atoms with Gasteiger partial charge in [0.15, 0.2) is 0 Å². The molecule has 4 nitrogen and oxygen atoms in total. The van der Waals surface area contributed by atoms with Crippen molar-refractivity contribution in [2.45, 2.75) is 33.4 Å². The Morgan fingerprint density at radius 2 is 1.71 bits per heavy atom. The zero-order chi connectivity index (χ0) is 14.9. The summed E-state index contributed by atoms with van der Waals surface area (Å²) >= 11 is 0. The van der Waals surface area contributed by atoms with Crippen molar-refractivity contribution in [2.75, 3.05) is 13.2 Å². The second kappa shape index (κ2) is 8.37. The molecule has 0 bridgehead atoms. The zero-order valence-corrected chi connectivity index (χ0v) is 12.7. The van der Waals surface area contributed by atoms with E-state index in [1.165, 1.54) is 0 Å². The van der Waals surface area contributed by atoms with Gasteiger partial charge in [0.2, 0.25) is 0 Å². The molecule has 1 aromatic carbocycles. The lowest BCUT2D eigenvalue weighted by Gasteiger charge is -2.08. The van der Waals surface area contributed by atoms with Crippen LogP contribution < -0.4 is 14.8 Å². The van der Waals surface area contributed by atoms with Crippen LogP contribution in [0.3, 0.4) is 0 Å². The highest BCUT2D eigenvalue weighted by Crippen LogP contribution is 2.20. The largest absolute Gasteiger partial charge is 0.494 e. The second-order valence-electron chi connectivity index (χ2n) is 4.76. The van der Waals surface area contributed by atoms with E-state index >= 15 is 0 Å². The molecule has 0 saturated carbocycles. The number of hydrogen-bond acceptors (Lipinski definition) is 4. The molecule has 1 heterocycles. The summed E-state index contributed by atoms with van der Waals surface area (Å²) < 4.78 is 16.8. The van der Waals surface area contributed by atoms with Gasteiger partial charge in [-0.25, -0.2) is 0 Å². The third-order valence-corrected chi connectivity index (χ3v) is 3.06. The number of hydrogen-bond donors (Lipinski definition) is 1. The summed E-state index contributed by atoms with van der Waals surface area (Å²) in [4.78, 5) is 0. The van der Waals surface area contributed by atoms with Crippen LogP contribution in [-0.2, 0) is 13.2 Å². The standard InChI is InChI=1S/C17H23NO3/c1-3-10-19-15-5-7-16(8-6-15)21-13-14-9-11-20-17(14)12-18-4-2/h5-9,11,18H,3-4,10,12-13H2,1-2H3. The van der Waals surface area contributed by atoms with Crippen LogP contribution in [0.2, 0.25) is 0 Å². The first-order chi connectivity index (χ1) is 10.3. The number of ether oxygens (including phenoxy) is 2. The van der Waals surface area contributed by atoms with Gasteiger partial charge in [-0.3, -0.25) is 0 Å². The minimum atomic E-state index is 0.506. The van der Waals surface area contributed by atoms with Crippen molar-refractivity contribution in [3.63, 3.8) is 0 Å². The van der Waals surface area contributed by atoms with Gasteiger partial charge >= 0.3 is 0 Å². The van der Waals surface area contributed by atoms with Crippen LogP contribution in [0.15, 0.2) is 41.0 Å². The van der Waals surface area contributed by atoms with Crippen molar-refractivity contribution in [3.8, 4) is 11.5 Å². The van der Waals surface area contributed by atoms with Gasteiger partial charge in [0.25, 0.3) is 0 Å². The molecule has 2 aromatic rings. The Labute approximate surface area is 126 Å². The summed E-state index contributed by atoms with van der Waals surface area (Å²) in [6.45, 7) is 7.05. The summed E-state index contributed by atoms with van der Waals surface area (Å²) in [5, 5.41) is 3.25. The molecule has 0 spiro atoms. The summed E-state index contributed by atoms with van der Waals surface area (Å²) in [6, 6.07) is 9.66. The summed E-state index contributed by atoms with van der Waals surface area (Å²) in [5.41, 5.74) is 1.07. The lowest BCUT2D eigenvalue weighted by Crippen LogP contribution is -2.12. The van der Waals surface area contributed by atoms with Gasteiger partial charge in [0.1, 0.15) is 23.9 Å². The highest BCUT2D eigenvalue weighted by atomic mass is 16.5. The van der Waals surface area contributed by atoms with E-state index in [-0.39, 0.29) is 0 Å². The average molecular weight is 289 g/mol. The maximum atomic E-state index is 5.79. The molecule has 0 aliphatic carbocycles. The van der Waals surface area contributed by atoms with E-state index in [1.54, 1.807) is 6.26 Å². The Kier molecular flexibility index (Phi) is 6.16. The van der Waals surface area contributed by atoms with Crippen LogP contribution in [-0.4, -0.2) is 13.2 Å². The van der Waals surface area contributed by atoms with E-state index in [4.69, 9.17) is 13.9 Å². The maximum absolute atomic E-state index is 5.79. The van der Waals surface area contributed by atoms with E-state index in [9.17, 15) is 0 Å². The molecule has 0 fully saturated rings. The van der Waals surface area contributed by atoms with E-state index in [1.807, 2.05) is 30.3 Å². The number of benzene rings is 1. The Hall–Kier alpha value is -1.94. The van der Waals surface area contributed by atoms with Crippen molar-refractivity contribution in [1.29, 1.82) is 0 Å². The third-order valence-electron chi connectivity index (χ3n) is 3.06. The van der Waals surface area contributed by atoms with Gasteiger partial charge < -0.3 is 19.2 Å². The summed E-state index contributed by atoms with van der Waals surface area (Å²) in [7, 11) is 0. The van der Waals surface area contributed by atoms with E-state index in [0.717, 1.165) is 48.9 Å². The van der Waals surface area contributed by atoms with Crippen molar-refractivity contribution in [2.24, 2.45) is 0 Å². The van der Waals surface area contributed by atoms with Crippen LogP contribution in [0, 0.1) is 0 Å². The molecule has 1 N–H and O–H groups in total. The predicted molar refractivity (Wildman–Crippen MR) is 82.6 cm³/mol. The molecular formula is C17H23NO3. The van der Waals surface area contributed by atoms with Gasteiger partial charge in [-0.15, -0.1) is 0 Å². The first-order valence-corrected chi connectivity index (χ1v) is 7.45. The molecule has 4 heteroatoms. The van der Waals surface area contributed by atoms with E-state index in [0.29, 0.717) is 6.61 Å². The normalized spacial score (nSPS) is 10.6. The zero-order valence-electron chi connectivity index (χ0n) is 12.7. The molecule has 0 aliphatic heterocycles. The van der Waals surface area contributed by atoms with Gasteiger partial charge in [0, 0.05) is 5.56 Å². The summed E-state index contributed by atoms with van der Waals surface area (Å²) in [6.07, 6.45) is 2.71. The molecule has 0 radical (unpaired) electrons. The van der Waals surface area contributed by atoms with E-state index < -0.39 is 0 Å². The smallest absolute Gasteiger partial charge is 0.124 e. The Bertz CT molecular complexity index is 519. The van der Waals surface area contributed by atoms with Crippen LogP contribution in [0.1, 0.15) is 31.6 Å². The highest BCUT2D eigenvalue weighted by molar-refractivity contribution is 5.31. The first kappa shape index (κ1) is 15.4. The number of rotatable bonds is 9. The SMILES string of the molecule is CCCOc1ccc(OCc2ccoc2CNCC)cc1.